The molecule has 0 saturated carbocycles. The van der Waals surface area contributed by atoms with Crippen LogP contribution in [0.2, 0.25) is 5.02 Å². The summed E-state index contributed by atoms with van der Waals surface area (Å²) in [4.78, 5) is 11.9. The highest BCUT2D eigenvalue weighted by Crippen LogP contribution is 2.24. The first-order valence-electron chi connectivity index (χ1n) is 9.29. The smallest absolute Gasteiger partial charge is 0.337 e. The summed E-state index contributed by atoms with van der Waals surface area (Å²) in [6, 6.07) is 16.0. The Hall–Kier alpha value is -2.56. The highest BCUT2D eigenvalue weighted by atomic mass is 35.5. The third-order valence-electron chi connectivity index (χ3n) is 5.07. The van der Waals surface area contributed by atoms with Crippen LogP contribution in [0.3, 0.4) is 0 Å². The number of aryl methyl sites for hydroxylation is 1. The van der Waals surface area contributed by atoms with Gasteiger partial charge in [0.25, 0.3) is 0 Å². The Morgan fingerprint density at radius 3 is 2.39 bits per heavy atom. The molecule has 0 aliphatic heterocycles. The molecule has 0 atom stereocenters. The number of carboxylic acid groups (broad SMARTS) is 1. The van der Waals surface area contributed by atoms with Crippen LogP contribution >= 0.6 is 11.6 Å². The molecule has 2 N–H and O–H groups in total. The Morgan fingerprint density at radius 1 is 1.00 bits per heavy atom. The van der Waals surface area contributed by atoms with Crippen molar-refractivity contribution in [1.29, 1.82) is 0 Å². The molecule has 0 spiro atoms. The summed E-state index contributed by atoms with van der Waals surface area (Å²) >= 11 is 6.04. The molecule has 0 aliphatic rings. The van der Waals surface area contributed by atoms with E-state index in [1.54, 1.807) is 0 Å². The average molecular weight is 397 g/mol. The molecule has 0 fully saturated rings. The van der Waals surface area contributed by atoms with Gasteiger partial charge in [-0.05, 0) is 44.0 Å². The summed E-state index contributed by atoms with van der Waals surface area (Å²) in [5, 5.41) is 13.8. The second kappa shape index (κ2) is 8.63. The van der Waals surface area contributed by atoms with Crippen LogP contribution < -0.4 is 5.32 Å². The van der Waals surface area contributed by atoms with Gasteiger partial charge in [0.2, 0.25) is 0 Å². The number of aromatic carboxylic acids is 1. The quantitative estimate of drug-likeness (QED) is 0.584. The molecule has 3 aromatic rings. The van der Waals surface area contributed by atoms with Crippen molar-refractivity contribution in [3.05, 3.63) is 92.8 Å². The Labute approximate surface area is 170 Å². The lowest BCUT2D eigenvalue weighted by molar-refractivity contribution is 0.0694. The number of hydrogen-bond donors (Lipinski definition) is 2. The van der Waals surface area contributed by atoms with Crippen LogP contribution in [0.4, 0.5) is 0 Å². The number of nitrogens with one attached hydrogen (secondary N) is 1. The summed E-state index contributed by atoms with van der Waals surface area (Å²) in [6.07, 6.45) is 0. The van der Waals surface area contributed by atoms with E-state index in [4.69, 9.17) is 11.6 Å². The van der Waals surface area contributed by atoms with Crippen LogP contribution in [-0.2, 0) is 19.6 Å². The van der Waals surface area contributed by atoms with Crippen molar-refractivity contribution in [2.24, 2.45) is 0 Å². The number of rotatable bonds is 7. The fraction of sp³-hybridized carbons (Fsp3) is 0.261. The summed E-state index contributed by atoms with van der Waals surface area (Å²) in [6.45, 7) is 7.71. The van der Waals surface area contributed by atoms with Crippen molar-refractivity contribution in [2.75, 3.05) is 0 Å². The number of hydrogen-bond acceptors (Lipinski definition) is 2. The van der Waals surface area contributed by atoms with Gasteiger partial charge in [0.15, 0.2) is 0 Å². The largest absolute Gasteiger partial charge is 0.478 e. The Kier molecular flexibility index (Phi) is 6.22. The van der Waals surface area contributed by atoms with Crippen LogP contribution in [0.5, 0.6) is 0 Å². The standard InChI is InChI=1S/C23H25ClN2O2/c1-15-6-4-8-19(10-15)14-26-16(2)21(22(17(26)3)23(27)28)13-25-12-18-7-5-9-20(24)11-18/h4-11,25H,12-14H2,1-3H3,(H,27,28). The van der Waals surface area contributed by atoms with Crippen LogP contribution in [0.25, 0.3) is 0 Å². The maximum Gasteiger partial charge on any atom is 0.337 e. The van der Waals surface area contributed by atoms with E-state index in [1.165, 1.54) is 5.56 Å². The second-order valence-electron chi connectivity index (χ2n) is 7.14. The van der Waals surface area contributed by atoms with E-state index in [2.05, 4.69) is 35.0 Å². The Balaban J connectivity index is 1.84. The second-order valence-corrected chi connectivity index (χ2v) is 7.57. The van der Waals surface area contributed by atoms with Gasteiger partial charge in [0.1, 0.15) is 0 Å². The third kappa shape index (κ3) is 4.46. The van der Waals surface area contributed by atoms with E-state index in [-0.39, 0.29) is 0 Å². The van der Waals surface area contributed by atoms with Crippen LogP contribution in [0.1, 0.15) is 44.0 Å². The summed E-state index contributed by atoms with van der Waals surface area (Å²) in [5.41, 5.74) is 6.42. The first-order valence-corrected chi connectivity index (χ1v) is 9.67. The van der Waals surface area contributed by atoms with Crippen molar-refractivity contribution < 1.29 is 9.90 Å². The van der Waals surface area contributed by atoms with Gasteiger partial charge in [0.05, 0.1) is 5.56 Å². The lowest BCUT2D eigenvalue weighted by atomic mass is 10.1. The topological polar surface area (TPSA) is 54.3 Å². The molecule has 0 aliphatic carbocycles. The van der Waals surface area contributed by atoms with Gasteiger partial charge in [-0.15, -0.1) is 0 Å². The van der Waals surface area contributed by atoms with Gasteiger partial charge in [-0.1, -0.05) is 53.6 Å². The molecule has 0 unspecified atom stereocenters. The molecule has 3 rings (SSSR count). The van der Waals surface area contributed by atoms with Crippen molar-refractivity contribution in [1.82, 2.24) is 9.88 Å². The highest BCUT2D eigenvalue weighted by Gasteiger charge is 2.22. The Bertz CT molecular complexity index is 1010. The third-order valence-corrected chi connectivity index (χ3v) is 5.30. The molecular weight excluding hydrogens is 372 g/mol. The van der Waals surface area contributed by atoms with Gasteiger partial charge in [-0.3, -0.25) is 0 Å². The van der Waals surface area contributed by atoms with E-state index in [0.29, 0.717) is 30.2 Å². The van der Waals surface area contributed by atoms with Crippen molar-refractivity contribution >= 4 is 17.6 Å². The van der Waals surface area contributed by atoms with E-state index in [1.807, 2.05) is 44.2 Å². The zero-order valence-corrected chi connectivity index (χ0v) is 17.2. The lowest BCUT2D eigenvalue weighted by Gasteiger charge is -2.11. The van der Waals surface area contributed by atoms with Gasteiger partial charge < -0.3 is 15.0 Å². The van der Waals surface area contributed by atoms with Crippen LogP contribution in [0, 0.1) is 20.8 Å². The van der Waals surface area contributed by atoms with Gasteiger partial charge in [0, 0.05) is 41.6 Å². The molecule has 1 heterocycles. The maximum atomic E-state index is 11.9. The Morgan fingerprint density at radius 2 is 1.71 bits per heavy atom. The predicted octanol–water partition coefficient (Wildman–Crippen LogP) is 5.10. The molecule has 28 heavy (non-hydrogen) atoms. The van der Waals surface area contributed by atoms with E-state index in [0.717, 1.165) is 28.1 Å². The van der Waals surface area contributed by atoms with Gasteiger partial charge in [-0.25, -0.2) is 4.79 Å². The number of aromatic nitrogens is 1. The zero-order valence-electron chi connectivity index (χ0n) is 16.4. The summed E-state index contributed by atoms with van der Waals surface area (Å²) < 4.78 is 2.09. The molecular formula is C23H25ClN2O2. The molecule has 0 radical (unpaired) electrons. The van der Waals surface area contributed by atoms with Crippen molar-refractivity contribution in [2.45, 2.75) is 40.4 Å². The molecule has 4 nitrogen and oxygen atoms in total. The average Bonchev–Trinajstić information content (AvgIpc) is 2.86. The molecule has 2 aromatic carbocycles. The molecule has 0 saturated heterocycles. The highest BCUT2D eigenvalue weighted by molar-refractivity contribution is 6.30. The normalized spacial score (nSPS) is 11.0. The number of benzene rings is 2. The molecule has 1 aromatic heterocycles. The van der Waals surface area contributed by atoms with Crippen molar-refractivity contribution in [3.63, 3.8) is 0 Å². The van der Waals surface area contributed by atoms with E-state index in [9.17, 15) is 9.90 Å². The fourth-order valence-corrected chi connectivity index (χ4v) is 3.87. The SMILES string of the molecule is Cc1cccc(Cn2c(C)c(CNCc3cccc(Cl)c3)c(C(=O)O)c2C)c1. The maximum absolute atomic E-state index is 11.9. The van der Waals surface area contributed by atoms with Gasteiger partial charge in [-0.2, -0.15) is 0 Å². The minimum atomic E-state index is -0.886. The molecule has 0 bridgehead atoms. The van der Waals surface area contributed by atoms with E-state index < -0.39 is 5.97 Å². The van der Waals surface area contributed by atoms with Crippen molar-refractivity contribution in [3.8, 4) is 0 Å². The first kappa shape index (κ1) is 20.2. The molecule has 0 amide bonds. The number of halogens is 1. The molecule has 146 valence electrons. The predicted molar refractivity (Wildman–Crippen MR) is 113 cm³/mol. The monoisotopic (exact) mass is 396 g/mol. The minimum Gasteiger partial charge on any atom is -0.478 e. The summed E-state index contributed by atoms with van der Waals surface area (Å²) in [7, 11) is 0. The van der Waals surface area contributed by atoms with Crippen LogP contribution in [-0.4, -0.2) is 15.6 Å². The number of carbonyl (C=O) groups is 1. The molecule has 5 heteroatoms. The number of carboxylic acids is 1. The summed E-state index contributed by atoms with van der Waals surface area (Å²) in [5.74, 6) is -0.886. The van der Waals surface area contributed by atoms with E-state index >= 15 is 0 Å². The van der Waals surface area contributed by atoms with Crippen LogP contribution in [0.15, 0.2) is 48.5 Å². The first-order chi connectivity index (χ1) is 13.4. The fourth-order valence-electron chi connectivity index (χ4n) is 3.66. The van der Waals surface area contributed by atoms with Gasteiger partial charge >= 0.3 is 5.97 Å². The lowest BCUT2D eigenvalue weighted by Crippen LogP contribution is -2.15. The zero-order chi connectivity index (χ0) is 20.3. The number of nitrogens with zero attached hydrogens (tertiary/aromatic N) is 1. The minimum absolute atomic E-state index is 0.392.